The van der Waals surface area contributed by atoms with Crippen LogP contribution in [0, 0.1) is 0 Å². The maximum absolute atomic E-state index is 6.03. The topological polar surface area (TPSA) is 42.1 Å². The maximum atomic E-state index is 6.03. The standard InChI is InChI=1S/C16H21N3/c1-12-8-15(17)6-7-19(12)11-14-10-18-9-13-4-2-3-5-16(13)14/h2-5,9-10,12,15H,6-8,11,17H2,1H3. The number of nitrogens with two attached hydrogens (primary N) is 1. The minimum atomic E-state index is 0.372. The Hall–Kier alpha value is -1.45. The molecule has 19 heavy (non-hydrogen) atoms. The first-order valence-electron chi connectivity index (χ1n) is 7.05. The van der Waals surface area contributed by atoms with Gasteiger partial charge in [-0.1, -0.05) is 24.3 Å². The molecule has 1 saturated heterocycles. The van der Waals surface area contributed by atoms with Crippen molar-refractivity contribution in [1.82, 2.24) is 9.88 Å². The molecule has 1 fully saturated rings. The Labute approximate surface area is 114 Å². The minimum absolute atomic E-state index is 0.372. The summed E-state index contributed by atoms with van der Waals surface area (Å²) in [6.45, 7) is 4.34. The van der Waals surface area contributed by atoms with Crippen molar-refractivity contribution in [3.63, 3.8) is 0 Å². The van der Waals surface area contributed by atoms with Gasteiger partial charge >= 0.3 is 0 Å². The molecular weight excluding hydrogens is 234 g/mol. The Balaban J connectivity index is 1.85. The lowest BCUT2D eigenvalue weighted by Crippen LogP contribution is -2.44. The summed E-state index contributed by atoms with van der Waals surface area (Å²) in [5.74, 6) is 0. The molecular formula is C16H21N3. The number of fused-ring (bicyclic) bond motifs is 1. The number of rotatable bonds is 2. The van der Waals surface area contributed by atoms with Gasteiger partial charge in [-0.3, -0.25) is 9.88 Å². The third-order valence-electron chi connectivity index (χ3n) is 4.18. The molecule has 1 aliphatic rings. The fourth-order valence-corrected chi connectivity index (χ4v) is 3.02. The van der Waals surface area contributed by atoms with Gasteiger partial charge in [0.2, 0.25) is 0 Å². The molecule has 0 spiro atoms. The van der Waals surface area contributed by atoms with Gasteiger partial charge in [0.05, 0.1) is 0 Å². The monoisotopic (exact) mass is 255 g/mol. The van der Waals surface area contributed by atoms with Crippen molar-refractivity contribution in [3.05, 3.63) is 42.2 Å². The van der Waals surface area contributed by atoms with Gasteiger partial charge in [0.15, 0.2) is 0 Å². The van der Waals surface area contributed by atoms with Crippen LogP contribution >= 0.6 is 0 Å². The second-order valence-electron chi connectivity index (χ2n) is 5.62. The zero-order valence-electron chi connectivity index (χ0n) is 11.4. The zero-order chi connectivity index (χ0) is 13.2. The van der Waals surface area contributed by atoms with Crippen molar-refractivity contribution in [2.24, 2.45) is 5.73 Å². The summed E-state index contributed by atoms with van der Waals surface area (Å²) in [7, 11) is 0. The fourth-order valence-electron chi connectivity index (χ4n) is 3.02. The number of piperidine rings is 1. The van der Waals surface area contributed by atoms with Crippen LogP contribution in [-0.2, 0) is 6.54 Å². The van der Waals surface area contributed by atoms with E-state index < -0.39 is 0 Å². The predicted molar refractivity (Wildman–Crippen MR) is 78.8 cm³/mol. The summed E-state index contributed by atoms with van der Waals surface area (Å²) in [6, 6.07) is 9.41. The van der Waals surface area contributed by atoms with Crippen LogP contribution in [-0.4, -0.2) is 28.5 Å². The Morgan fingerprint density at radius 2 is 2.16 bits per heavy atom. The van der Waals surface area contributed by atoms with Crippen molar-refractivity contribution >= 4 is 10.8 Å². The van der Waals surface area contributed by atoms with Gasteiger partial charge in [0, 0.05) is 43.0 Å². The highest BCUT2D eigenvalue weighted by Gasteiger charge is 2.23. The molecule has 100 valence electrons. The molecule has 2 atom stereocenters. The first kappa shape index (κ1) is 12.6. The van der Waals surface area contributed by atoms with Crippen molar-refractivity contribution in [2.45, 2.75) is 38.4 Å². The SMILES string of the molecule is CC1CC(N)CCN1Cc1cncc2ccccc12. The summed E-state index contributed by atoms with van der Waals surface area (Å²) in [4.78, 5) is 6.89. The van der Waals surface area contributed by atoms with Crippen LogP contribution < -0.4 is 5.73 Å². The molecule has 0 saturated carbocycles. The van der Waals surface area contributed by atoms with Gasteiger partial charge in [-0.05, 0) is 30.7 Å². The van der Waals surface area contributed by atoms with E-state index in [0.717, 1.165) is 25.9 Å². The van der Waals surface area contributed by atoms with Crippen LogP contribution in [0.15, 0.2) is 36.7 Å². The zero-order valence-corrected chi connectivity index (χ0v) is 11.4. The highest BCUT2D eigenvalue weighted by molar-refractivity contribution is 5.84. The molecule has 0 amide bonds. The molecule has 0 bridgehead atoms. The second kappa shape index (κ2) is 5.27. The molecule has 2 aromatic rings. The smallest absolute Gasteiger partial charge is 0.0346 e. The van der Waals surface area contributed by atoms with Crippen molar-refractivity contribution in [2.75, 3.05) is 6.54 Å². The summed E-state index contributed by atoms with van der Waals surface area (Å²) in [5.41, 5.74) is 7.35. The quantitative estimate of drug-likeness (QED) is 0.896. The molecule has 0 aliphatic carbocycles. The third-order valence-corrected chi connectivity index (χ3v) is 4.18. The Bertz CT molecular complexity index is 561. The van der Waals surface area contributed by atoms with Crippen LogP contribution in [0.5, 0.6) is 0 Å². The van der Waals surface area contributed by atoms with Gasteiger partial charge in [0.25, 0.3) is 0 Å². The summed E-state index contributed by atoms with van der Waals surface area (Å²) < 4.78 is 0. The van der Waals surface area contributed by atoms with E-state index in [9.17, 15) is 0 Å². The van der Waals surface area contributed by atoms with E-state index in [0.29, 0.717) is 12.1 Å². The Kier molecular flexibility index (Phi) is 3.49. The number of benzene rings is 1. The van der Waals surface area contributed by atoms with E-state index >= 15 is 0 Å². The van der Waals surface area contributed by atoms with Crippen molar-refractivity contribution < 1.29 is 0 Å². The lowest BCUT2D eigenvalue weighted by Gasteiger charge is -2.36. The van der Waals surface area contributed by atoms with Crippen LogP contribution in [0.2, 0.25) is 0 Å². The first-order valence-corrected chi connectivity index (χ1v) is 7.05. The molecule has 0 radical (unpaired) electrons. The molecule has 1 aromatic carbocycles. The number of hydrogen-bond donors (Lipinski definition) is 1. The molecule has 2 unspecified atom stereocenters. The summed E-state index contributed by atoms with van der Waals surface area (Å²) in [5, 5.41) is 2.54. The molecule has 3 rings (SSSR count). The summed E-state index contributed by atoms with van der Waals surface area (Å²) >= 11 is 0. The number of pyridine rings is 1. The van der Waals surface area contributed by atoms with E-state index in [1.54, 1.807) is 0 Å². The van der Waals surface area contributed by atoms with Crippen LogP contribution in [0.4, 0.5) is 0 Å². The average molecular weight is 255 g/mol. The van der Waals surface area contributed by atoms with Crippen LogP contribution in [0.1, 0.15) is 25.3 Å². The molecule has 1 aromatic heterocycles. The van der Waals surface area contributed by atoms with E-state index in [1.165, 1.54) is 16.3 Å². The Morgan fingerprint density at radius 1 is 1.32 bits per heavy atom. The molecule has 3 heteroatoms. The van der Waals surface area contributed by atoms with Gasteiger partial charge in [-0.15, -0.1) is 0 Å². The number of likely N-dealkylation sites (tertiary alicyclic amines) is 1. The van der Waals surface area contributed by atoms with Crippen LogP contribution in [0.3, 0.4) is 0 Å². The van der Waals surface area contributed by atoms with E-state index in [4.69, 9.17) is 5.73 Å². The first-order chi connectivity index (χ1) is 9.24. The van der Waals surface area contributed by atoms with Crippen molar-refractivity contribution in [1.29, 1.82) is 0 Å². The number of nitrogens with zero attached hydrogens (tertiary/aromatic N) is 2. The molecule has 2 N–H and O–H groups in total. The fraction of sp³-hybridized carbons (Fsp3) is 0.438. The van der Waals surface area contributed by atoms with Gasteiger partial charge < -0.3 is 5.73 Å². The van der Waals surface area contributed by atoms with Gasteiger partial charge in [-0.25, -0.2) is 0 Å². The molecule has 2 heterocycles. The van der Waals surface area contributed by atoms with Crippen LogP contribution in [0.25, 0.3) is 10.8 Å². The molecule has 1 aliphatic heterocycles. The normalized spacial score (nSPS) is 24.7. The maximum Gasteiger partial charge on any atom is 0.0346 e. The number of hydrogen-bond acceptors (Lipinski definition) is 3. The van der Waals surface area contributed by atoms with Gasteiger partial charge in [-0.2, -0.15) is 0 Å². The van der Waals surface area contributed by atoms with E-state index in [-0.39, 0.29) is 0 Å². The highest BCUT2D eigenvalue weighted by atomic mass is 15.2. The third kappa shape index (κ3) is 2.62. The largest absolute Gasteiger partial charge is 0.328 e. The second-order valence-corrected chi connectivity index (χ2v) is 5.62. The molecule has 3 nitrogen and oxygen atoms in total. The number of aromatic nitrogens is 1. The van der Waals surface area contributed by atoms with E-state index in [1.807, 2.05) is 12.4 Å². The highest BCUT2D eigenvalue weighted by Crippen LogP contribution is 2.22. The lowest BCUT2D eigenvalue weighted by atomic mass is 9.98. The van der Waals surface area contributed by atoms with E-state index in [2.05, 4.69) is 41.1 Å². The lowest BCUT2D eigenvalue weighted by molar-refractivity contribution is 0.140. The summed E-state index contributed by atoms with van der Waals surface area (Å²) in [6.07, 6.45) is 6.14. The average Bonchev–Trinajstić information content (AvgIpc) is 2.42. The van der Waals surface area contributed by atoms with Gasteiger partial charge in [0.1, 0.15) is 0 Å². The minimum Gasteiger partial charge on any atom is -0.328 e. The predicted octanol–water partition coefficient (Wildman–Crippen LogP) is 2.55. The Morgan fingerprint density at radius 3 is 3.00 bits per heavy atom. The van der Waals surface area contributed by atoms with Crippen molar-refractivity contribution in [3.8, 4) is 0 Å².